The largest absolute Gasteiger partial charge is 0.444 e. The van der Waals surface area contributed by atoms with E-state index in [2.05, 4.69) is 0 Å². The molecule has 0 N–H and O–H groups in total. The number of carbonyl (C=O) groups excluding carboxylic acids is 1. The molecule has 0 bridgehead atoms. The minimum absolute atomic E-state index is 0.0820. The number of carbonyl (C=O) groups is 1. The van der Waals surface area contributed by atoms with Crippen LogP contribution in [0.25, 0.3) is 0 Å². The van der Waals surface area contributed by atoms with Crippen LogP contribution in [0.5, 0.6) is 0 Å². The predicted molar refractivity (Wildman–Crippen MR) is 67.4 cm³/mol. The van der Waals surface area contributed by atoms with E-state index < -0.39 is 17.9 Å². The number of alkyl halides is 1. The summed E-state index contributed by atoms with van der Waals surface area (Å²) in [7, 11) is 0. The Balaban J connectivity index is 2.55. The summed E-state index contributed by atoms with van der Waals surface area (Å²) in [6.45, 7) is 8.15. The Hall–Kier alpha value is -0.840. The quantitative estimate of drug-likeness (QED) is 0.784. The minimum Gasteiger partial charge on any atom is -0.444 e. The van der Waals surface area contributed by atoms with Gasteiger partial charge < -0.3 is 14.4 Å². The molecule has 0 aromatic rings. The molecule has 18 heavy (non-hydrogen) atoms. The van der Waals surface area contributed by atoms with Gasteiger partial charge in [-0.15, -0.1) is 0 Å². The van der Waals surface area contributed by atoms with Crippen molar-refractivity contribution in [2.45, 2.75) is 51.7 Å². The molecular formula is C13H24FNO3. The summed E-state index contributed by atoms with van der Waals surface area (Å²) >= 11 is 0. The highest BCUT2D eigenvalue weighted by Crippen LogP contribution is 2.25. The number of amides is 1. The van der Waals surface area contributed by atoms with E-state index in [1.807, 2.05) is 27.7 Å². The molecule has 4 nitrogen and oxygen atoms in total. The number of rotatable bonds is 3. The van der Waals surface area contributed by atoms with Crippen LogP contribution < -0.4 is 0 Å². The molecule has 106 valence electrons. The second kappa shape index (κ2) is 5.87. The maximum atomic E-state index is 12.2. The zero-order valence-electron chi connectivity index (χ0n) is 11.8. The first-order valence-corrected chi connectivity index (χ1v) is 6.44. The molecule has 1 saturated heterocycles. The molecule has 0 aliphatic carbocycles. The number of hydrogen-bond acceptors (Lipinski definition) is 3. The fourth-order valence-electron chi connectivity index (χ4n) is 2.09. The third-order valence-corrected chi connectivity index (χ3v) is 2.84. The maximum absolute atomic E-state index is 12.2. The average molecular weight is 261 g/mol. The molecule has 1 heterocycles. The van der Waals surface area contributed by atoms with Gasteiger partial charge in [0.05, 0.1) is 18.8 Å². The van der Waals surface area contributed by atoms with E-state index in [9.17, 15) is 9.18 Å². The SMILES string of the molecule is CC(C)(C)OC(=O)N1CCCC(C)(OCCF)C1. The van der Waals surface area contributed by atoms with E-state index in [0.29, 0.717) is 13.1 Å². The normalized spacial score (nSPS) is 25.1. The summed E-state index contributed by atoms with van der Waals surface area (Å²) in [5, 5.41) is 0. The summed E-state index contributed by atoms with van der Waals surface area (Å²) in [5.74, 6) is 0. The van der Waals surface area contributed by atoms with Gasteiger partial charge in [0.15, 0.2) is 0 Å². The highest BCUT2D eigenvalue weighted by molar-refractivity contribution is 5.68. The average Bonchev–Trinajstić information content (AvgIpc) is 2.24. The monoisotopic (exact) mass is 261 g/mol. The number of ether oxygens (including phenoxy) is 2. The van der Waals surface area contributed by atoms with Crippen LogP contribution in [0, 0.1) is 0 Å². The van der Waals surface area contributed by atoms with Crippen molar-refractivity contribution in [1.29, 1.82) is 0 Å². The molecule has 0 aromatic heterocycles. The highest BCUT2D eigenvalue weighted by atomic mass is 19.1. The van der Waals surface area contributed by atoms with Gasteiger partial charge in [-0.3, -0.25) is 0 Å². The van der Waals surface area contributed by atoms with Gasteiger partial charge in [0, 0.05) is 6.54 Å². The van der Waals surface area contributed by atoms with Crippen molar-refractivity contribution in [1.82, 2.24) is 4.90 Å². The summed E-state index contributed by atoms with van der Waals surface area (Å²) in [6.07, 6.45) is 1.37. The summed E-state index contributed by atoms with van der Waals surface area (Å²) < 4.78 is 23.0. The van der Waals surface area contributed by atoms with E-state index in [1.54, 1.807) is 4.90 Å². The second-order valence-electron chi connectivity index (χ2n) is 5.99. The number of nitrogens with zero attached hydrogens (tertiary/aromatic N) is 1. The molecule has 5 heteroatoms. The standard InChI is InChI=1S/C13H24FNO3/c1-12(2,3)18-11(16)15-8-5-6-13(4,10-15)17-9-7-14/h5-10H2,1-4H3. The Labute approximate surface area is 108 Å². The van der Waals surface area contributed by atoms with E-state index in [-0.39, 0.29) is 12.7 Å². The van der Waals surface area contributed by atoms with Crippen LogP contribution in [0.4, 0.5) is 9.18 Å². The molecule has 1 amide bonds. The van der Waals surface area contributed by atoms with Gasteiger partial charge in [0.1, 0.15) is 12.3 Å². The zero-order valence-corrected chi connectivity index (χ0v) is 11.8. The second-order valence-corrected chi connectivity index (χ2v) is 5.99. The fraction of sp³-hybridized carbons (Fsp3) is 0.923. The molecule has 1 rings (SSSR count). The van der Waals surface area contributed by atoms with Crippen LogP contribution in [0.1, 0.15) is 40.5 Å². The predicted octanol–water partition coefficient (Wildman–Crippen LogP) is 2.76. The van der Waals surface area contributed by atoms with Crippen molar-refractivity contribution >= 4 is 6.09 Å². The Bertz CT molecular complexity index is 290. The maximum Gasteiger partial charge on any atom is 0.410 e. The van der Waals surface area contributed by atoms with Crippen LogP contribution in [-0.4, -0.2) is 48.6 Å². The van der Waals surface area contributed by atoms with Crippen LogP contribution in [0.2, 0.25) is 0 Å². The van der Waals surface area contributed by atoms with E-state index in [1.165, 1.54) is 0 Å². The van der Waals surface area contributed by atoms with E-state index in [4.69, 9.17) is 9.47 Å². The summed E-state index contributed by atoms with van der Waals surface area (Å²) in [5.41, 5.74) is -0.952. The Kier molecular flexibility index (Phi) is 4.96. The summed E-state index contributed by atoms with van der Waals surface area (Å²) in [6, 6.07) is 0. The van der Waals surface area contributed by atoms with Crippen molar-refractivity contribution in [3.63, 3.8) is 0 Å². The first-order chi connectivity index (χ1) is 8.26. The molecule has 0 saturated carbocycles. The highest BCUT2D eigenvalue weighted by Gasteiger charge is 2.35. The molecule has 1 atom stereocenters. The molecule has 0 spiro atoms. The third kappa shape index (κ3) is 4.80. The van der Waals surface area contributed by atoms with Gasteiger partial charge in [-0.25, -0.2) is 9.18 Å². The molecule has 1 unspecified atom stereocenters. The lowest BCUT2D eigenvalue weighted by atomic mass is 9.95. The van der Waals surface area contributed by atoms with E-state index >= 15 is 0 Å². The zero-order chi connectivity index (χ0) is 13.8. The van der Waals surface area contributed by atoms with E-state index in [0.717, 1.165) is 12.8 Å². The lowest BCUT2D eigenvalue weighted by Crippen LogP contribution is -2.51. The van der Waals surface area contributed by atoms with Gasteiger partial charge in [0.25, 0.3) is 0 Å². The number of halogens is 1. The number of hydrogen-bond donors (Lipinski definition) is 0. The van der Waals surface area contributed by atoms with Crippen LogP contribution in [0.15, 0.2) is 0 Å². The van der Waals surface area contributed by atoms with Crippen molar-refractivity contribution < 1.29 is 18.7 Å². The number of likely N-dealkylation sites (tertiary alicyclic amines) is 1. The molecular weight excluding hydrogens is 237 g/mol. The van der Waals surface area contributed by atoms with Crippen LogP contribution in [-0.2, 0) is 9.47 Å². The van der Waals surface area contributed by atoms with Crippen LogP contribution >= 0.6 is 0 Å². The lowest BCUT2D eigenvalue weighted by Gasteiger charge is -2.40. The summed E-state index contributed by atoms with van der Waals surface area (Å²) in [4.78, 5) is 13.6. The number of piperidine rings is 1. The van der Waals surface area contributed by atoms with Crippen LogP contribution in [0.3, 0.4) is 0 Å². The first kappa shape index (κ1) is 15.2. The molecule has 1 aliphatic rings. The van der Waals surface area contributed by atoms with Gasteiger partial charge in [0.2, 0.25) is 0 Å². The first-order valence-electron chi connectivity index (χ1n) is 6.44. The smallest absolute Gasteiger partial charge is 0.410 e. The van der Waals surface area contributed by atoms with Gasteiger partial charge in [-0.1, -0.05) is 0 Å². The lowest BCUT2D eigenvalue weighted by molar-refractivity contribution is -0.0824. The van der Waals surface area contributed by atoms with Crippen molar-refractivity contribution in [3.05, 3.63) is 0 Å². The third-order valence-electron chi connectivity index (χ3n) is 2.84. The Morgan fingerprint density at radius 2 is 2.11 bits per heavy atom. The topological polar surface area (TPSA) is 38.8 Å². The molecule has 0 aromatic carbocycles. The van der Waals surface area contributed by atoms with Gasteiger partial charge in [-0.05, 0) is 40.5 Å². The molecule has 0 radical (unpaired) electrons. The molecule has 1 fully saturated rings. The van der Waals surface area contributed by atoms with Gasteiger partial charge in [-0.2, -0.15) is 0 Å². The van der Waals surface area contributed by atoms with Crippen molar-refractivity contribution in [2.75, 3.05) is 26.4 Å². The Morgan fingerprint density at radius 1 is 1.44 bits per heavy atom. The molecule has 1 aliphatic heterocycles. The van der Waals surface area contributed by atoms with Crippen molar-refractivity contribution in [3.8, 4) is 0 Å². The fourth-order valence-corrected chi connectivity index (χ4v) is 2.09. The Morgan fingerprint density at radius 3 is 2.67 bits per heavy atom. The van der Waals surface area contributed by atoms with Gasteiger partial charge >= 0.3 is 6.09 Å². The minimum atomic E-state index is -0.498. The van der Waals surface area contributed by atoms with Crippen molar-refractivity contribution in [2.24, 2.45) is 0 Å².